The summed E-state index contributed by atoms with van der Waals surface area (Å²) >= 11 is 0. The highest BCUT2D eigenvalue weighted by Gasteiger charge is 2.02. The smallest absolute Gasteiger partial charge is 0.244 e. The number of methoxy groups -OCH3 is 1. The molecule has 2 heterocycles. The van der Waals surface area contributed by atoms with Crippen molar-refractivity contribution >= 4 is 17.8 Å². The number of ether oxygens (including phenoxy) is 1. The van der Waals surface area contributed by atoms with Crippen molar-refractivity contribution in [3.63, 3.8) is 0 Å². The SMILES string of the molecule is COc1ccc(/C=C/C(=O)NCCNc2cc(-n3ccc(C)n3)ncn2)cc1. The van der Waals surface area contributed by atoms with Crippen LogP contribution < -0.4 is 15.4 Å². The Kier molecular flexibility index (Phi) is 6.35. The zero-order chi connectivity index (χ0) is 19.8. The number of carbonyl (C=O) groups is 1. The second-order valence-electron chi connectivity index (χ2n) is 5.99. The number of aromatic nitrogens is 4. The Morgan fingerprint density at radius 2 is 2.00 bits per heavy atom. The van der Waals surface area contributed by atoms with Crippen LogP contribution in [0.5, 0.6) is 5.75 Å². The standard InChI is InChI=1S/C20H22N6O2/c1-15-9-12-26(25-15)19-13-18(23-14-24-19)21-10-11-22-20(27)8-5-16-3-6-17(28-2)7-4-16/h3-9,12-14H,10-11H2,1-2H3,(H,22,27)(H,21,23,24)/b8-5+. The van der Waals surface area contributed by atoms with Crippen molar-refractivity contribution in [1.82, 2.24) is 25.1 Å². The number of hydrogen-bond donors (Lipinski definition) is 2. The van der Waals surface area contributed by atoms with E-state index in [1.807, 2.05) is 43.5 Å². The van der Waals surface area contributed by atoms with Gasteiger partial charge in [-0.1, -0.05) is 12.1 Å². The van der Waals surface area contributed by atoms with Crippen LogP contribution in [0.4, 0.5) is 5.82 Å². The first kappa shape index (κ1) is 19.1. The molecule has 0 aliphatic heterocycles. The van der Waals surface area contributed by atoms with E-state index in [1.54, 1.807) is 23.9 Å². The quantitative estimate of drug-likeness (QED) is 0.461. The Balaban J connectivity index is 1.44. The summed E-state index contributed by atoms with van der Waals surface area (Å²) < 4.78 is 6.79. The molecular formula is C20H22N6O2. The van der Waals surface area contributed by atoms with E-state index >= 15 is 0 Å². The molecule has 2 N–H and O–H groups in total. The summed E-state index contributed by atoms with van der Waals surface area (Å²) in [5, 5.41) is 10.3. The maximum absolute atomic E-state index is 11.9. The van der Waals surface area contributed by atoms with Gasteiger partial charge in [-0.2, -0.15) is 5.10 Å². The number of aryl methyl sites for hydroxylation is 1. The summed E-state index contributed by atoms with van der Waals surface area (Å²) in [5.41, 5.74) is 1.84. The van der Waals surface area contributed by atoms with Gasteiger partial charge in [-0.25, -0.2) is 14.6 Å². The molecule has 0 aliphatic rings. The van der Waals surface area contributed by atoms with Crippen molar-refractivity contribution in [2.75, 3.05) is 25.5 Å². The summed E-state index contributed by atoms with van der Waals surface area (Å²) in [4.78, 5) is 20.3. The van der Waals surface area contributed by atoms with Gasteiger partial charge < -0.3 is 15.4 Å². The van der Waals surface area contributed by atoms with E-state index in [2.05, 4.69) is 25.7 Å². The number of carbonyl (C=O) groups excluding carboxylic acids is 1. The molecular weight excluding hydrogens is 356 g/mol. The van der Waals surface area contributed by atoms with Crippen LogP contribution in [0.1, 0.15) is 11.3 Å². The molecule has 0 radical (unpaired) electrons. The number of amides is 1. The minimum atomic E-state index is -0.159. The fraction of sp³-hybridized carbons (Fsp3) is 0.200. The lowest BCUT2D eigenvalue weighted by Crippen LogP contribution is -2.27. The van der Waals surface area contributed by atoms with Gasteiger partial charge in [-0.15, -0.1) is 0 Å². The van der Waals surface area contributed by atoms with Crippen molar-refractivity contribution in [2.45, 2.75) is 6.92 Å². The third-order valence-corrected chi connectivity index (χ3v) is 3.88. The van der Waals surface area contributed by atoms with Crippen LogP contribution in [0.3, 0.4) is 0 Å². The first-order chi connectivity index (χ1) is 13.6. The molecule has 3 rings (SSSR count). The first-order valence-electron chi connectivity index (χ1n) is 8.82. The maximum Gasteiger partial charge on any atom is 0.244 e. The average Bonchev–Trinajstić information content (AvgIpc) is 3.17. The van der Waals surface area contributed by atoms with Gasteiger partial charge in [0.1, 0.15) is 17.9 Å². The highest BCUT2D eigenvalue weighted by atomic mass is 16.5. The fourth-order valence-electron chi connectivity index (χ4n) is 2.43. The van der Waals surface area contributed by atoms with Crippen molar-refractivity contribution in [3.8, 4) is 11.6 Å². The average molecular weight is 378 g/mol. The van der Waals surface area contributed by atoms with E-state index in [1.165, 1.54) is 12.4 Å². The Labute approximate surface area is 163 Å². The lowest BCUT2D eigenvalue weighted by Gasteiger charge is -2.07. The second kappa shape index (κ2) is 9.31. The van der Waals surface area contributed by atoms with Gasteiger partial charge >= 0.3 is 0 Å². The molecule has 0 atom stereocenters. The summed E-state index contributed by atoms with van der Waals surface area (Å²) in [5.74, 6) is 1.97. The molecule has 0 bridgehead atoms. The van der Waals surface area contributed by atoms with Crippen LogP contribution in [0.15, 0.2) is 55.0 Å². The maximum atomic E-state index is 11.9. The lowest BCUT2D eigenvalue weighted by molar-refractivity contribution is -0.116. The normalized spacial score (nSPS) is 10.8. The number of benzene rings is 1. The summed E-state index contributed by atoms with van der Waals surface area (Å²) in [6.07, 6.45) is 6.58. The molecule has 0 fully saturated rings. The Bertz CT molecular complexity index is 949. The molecule has 1 aromatic carbocycles. The third kappa shape index (κ3) is 5.41. The first-order valence-corrected chi connectivity index (χ1v) is 8.82. The molecule has 3 aromatic rings. The molecule has 0 aliphatic carbocycles. The van der Waals surface area contributed by atoms with E-state index in [-0.39, 0.29) is 5.91 Å². The predicted molar refractivity (Wildman–Crippen MR) is 107 cm³/mol. The van der Waals surface area contributed by atoms with Crippen molar-refractivity contribution in [2.24, 2.45) is 0 Å². The van der Waals surface area contributed by atoms with Crippen LogP contribution >= 0.6 is 0 Å². The molecule has 0 saturated heterocycles. The van der Waals surface area contributed by atoms with E-state index < -0.39 is 0 Å². The topological polar surface area (TPSA) is 94.0 Å². The number of nitrogens with zero attached hydrogens (tertiary/aromatic N) is 4. The molecule has 0 spiro atoms. The largest absolute Gasteiger partial charge is 0.497 e. The van der Waals surface area contributed by atoms with Crippen LogP contribution in [0, 0.1) is 6.92 Å². The molecule has 8 heteroatoms. The fourth-order valence-corrected chi connectivity index (χ4v) is 2.43. The van der Waals surface area contributed by atoms with Crippen LogP contribution in [0.2, 0.25) is 0 Å². The third-order valence-electron chi connectivity index (χ3n) is 3.88. The van der Waals surface area contributed by atoms with Gasteiger partial charge in [-0.05, 0) is 36.8 Å². The molecule has 0 unspecified atom stereocenters. The molecule has 144 valence electrons. The van der Waals surface area contributed by atoms with E-state index in [0.29, 0.717) is 24.7 Å². The molecule has 8 nitrogen and oxygen atoms in total. The minimum absolute atomic E-state index is 0.159. The number of nitrogens with one attached hydrogen (secondary N) is 2. The summed E-state index contributed by atoms with van der Waals surface area (Å²) in [7, 11) is 1.62. The second-order valence-corrected chi connectivity index (χ2v) is 5.99. The highest BCUT2D eigenvalue weighted by Crippen LogP contribution is 2.12. The molecule has 28 heavy (non-hydrogen) atoms. The number of rotatable bonds is 8. The van der Waals surface area contributed by atoms with Gasteiger partial charge in [0.2, 0.25) is 5.91 Å². The van der Waals surface area contributed by atoms with Crippen LogP contribution in [-0.4, -0.2) is 45.9 Å². The van der Waals surface area contributed by atoms with Gasteiger partial charge in [0.15, 0.2) is 5.82 Å². The van der Waals surface area contributed by atoms with E-state index in [0.717, 1.165) is 17.0 Å². The Hall–Kier alpha value is -3.68. The monoisotopic (exact) mass is 378 g/mol. The van der Waals surface area contributed by atoms with Crippen molar-refractivity contribution in [1.29, 1.82) is 0 Å². The number of hydrogen-bond acceptors (Lipinski definition) is 6. The van der Waals surface area contributed by atoms with E-state index in [4.69, 9.17) is 4.74 Å². The van der Waals surface area contributed by atoms with Gasteiger partial charge in [-0.3, -0.25) is 4.79 Å². The highest BCUT2D eigenvalue weighted by molar-refractivity contribution is 5.91. The molecule has 0 saturated carbocycles. The minimum Gasteiger partial charge on any atom is -0.497 e. The zero-order valence-electron chi connectivity index (χ0n) is 15.8. The van der Waals surface area contributed by atoms with Gasteiger partial charge in [0, 0.05) is 31.4 Å². The van der Waals surface area contributed by atoms with Crippen LogP contribution in [-0.2, 0) is 4.79 Å². The molecule has 2 aromatic heterocycles. The van der Waals surface area contributed by atoms with Crippen molar-refractivity contribution < 1.29 is 9.53 Å². The van der Waals surface area contributed by atoms with E-state index in [9.17, 15) is 4.79 Å². The lowest BCUT2D eigenvalue weighted by atomic mass is 10.2. The predicted octanol–water partition coefficient (Wildman–Crippen LogP) is 2.22. The zero-order valence-corrected chi connectivity index (χ0v) is 15.8. The molecule has 1 amide bonds. The Morgan fingerprint density at radius 1 is 1.18 bits per heavy atom. The summed E-state index contributed by atoms with van der Waals surface area (Å²) in [6, 6.07) is 11.2. The summed E-state index contributed by atoms with van der Waals surface area (Å²) in [6.45, 7) is 2.92. The van der Waals surface area contributed by atoms with Gasteiger partial charge in [0.25, 0.3) is 0 Å². The van der Waals surface area contributed by atoms with Crippen LogP contribution in [0.25, 0.3) is 11.9 Å². The van der Waals surface area contributed by atoms with Gasteiger partial charge in [0.05, 0.1) is 12.8 Å². The van der Waals surface area contributed by atoms with Crippen molar-refractivity contribution in [3.05, 3.63) is 66.3 Å². The Morgan fingerprint density at radius 3 is 2.71 bits per heavy atom. The number of anilines is 1.